The minimum absolute atomic E-state index is 0.0198. The maximum Gasteiger partial charge on any atom is 0.233 e. The van der Waals surface area contributed by atoms with E-state index in [2.05, 4.69) is 11.8 Å². The molecule has 3 rings (SSSR count). The largest absolute Gasteiger partial charge is 0.379 e. The Balaban J connectivity index is 1.66. The Morgan fingerprint density at radius 3 is 2.55 bits per heavy atom. The Morgan fingerprint density at radius 2 is 1.86 bits per heavy atom. The SMILES string of the molecule is CC(CN1CCOCC1)N(Cc1ccccc1)C(=O)CSc1ccc(F)c(F)c1. The molecular weight excluding hydrogens is 394 g/mol. The number of thioether (sulfide) groups is 1. The summed E-state index contributed by atoms with van der Waals surface area (Å²) in [6.45, 7) is 6.50. The van der Waals surface area contributed by atoms with E-state index in [9.17, 15) is 13.6 Å². The maximum atomic E-state index is 13.4. The molecule has 29 heavy (non-hydrogen) atoms. The first-order valence-corrected chi connectivity index (χ1v) is 10.7. The summed E-state index contributed by atoms with van der Waals surface area (Å²) in [5.41, 5.74) is 1.06. The van der Waals surface area contributed by atoms with Crippen LogP contribution in [-0.4, -0.2) is 60.3 Å². The van der Waals surface area contributed by atoms with Crippen LogP contribution in [0.1, 0.15) is 12.5 Å². The number of nitrogens with zero attached hydrogens (tertiary/aromatic N) is 2. The average molecular weight is 421 g/mol. The number of halogens is 2. The van der Waals surface area contributed by atoms with Crippen molar-refractivity contribution in [3.8, 4) is 0 Å². The molecule has 0 aromatic heterocycles. The minimum atomic E-state index is -0.899. The normalized spacial score (nSPS) is 15.8. The molecule has 1 aliphatic rings. The van der Waals surface area contributed by atoms with E-state index >= 15 is 0 Å². The molecule has 1 unspecified atom stereocenters. The second kappa shape index (κ2) is 10.7. The second-order valence-corrected chi connectivity index (χ2v) is 8.18. The summed E-state index contributed by atoms with van der Waals surface area (Å²) in [7, 11) is 0. The lowest BCUT2D eigenvalue weighted by Gasteiger charge is -2.35. The average Bonchev–Trinajstić information content (AvgIpc) is 2.74. The molecule has 7 heteroatoms. The highest BCUT2D eigenvalue weighted by Crippen LogP contribution is 2.22. The Labute approximate surface area is 174 Å². The maximum absolute atomic E-state index is 13.4. The summed E-state index contributed by atoms with van der Waals surface area (Å²) in [5, 5.41) is 0. The summed E-state index contributed by atoms with van der Waals surface area (Å²) < 4.78 is 32.0. The van der Waals surface area contributed by atoms with Crippen molar-refractivity contribution in [2.75, 3.05) is 38.6 Å². The van der Waals surface area contributed by atoms with E-state index in [1.807, 2.05) is 35.2 Å². The fourth-order valence-electron chi connectivity index (χ4n) is 3.32. The minimum Gasteiger partial charge on any atom is -0.379 e. The highest BCUT2D eigenvalue weighted by atomic mass is 32.2. The predicted molar refractivity (Wildman–Crippen MR) is 111 cm³/mol. The molecule has 4 nitrogen and oxygen atoms in total. The number of morpholine rings is 1. The molecule has 0 N–H and O–H groups in total. The van der Waals surface area contributed by atoms with Crippen LogP contribution >= 0.6 is 11.8 Å². The van der Waals surface area contributed by atoms with Crippen LogP contribution in [-0.2, 0) is 16.1 Å². The van der Waals surface area contributed by atoms with Crippen molar-refractivity contribution >= 4 is 17.7 Å². The van der Waals surface area contributed by atoms with Crippen LogP contribution in [0.15, 0.2) is 53.4 Å². The van der Waals surface area contributed by atoms with E-state index in [-0.39, 0.29) is 17.7 Å². The van der Waals surface area contributed by atoms with Crippen molar-refractivity contribution in [3.63, 3.8) is 0 Å². The first-order chi connectivity index (χ1) is 14.0. The monoisotopic (exact) mass is 420 g/mol. The van der Waals surface area contributed by atoms with Crippen LogP contribution in [0.25, 0.3) is 0 Å². The quantitative estimate of drug-likeness (QED) is 0.608. The third-order valence-corrected chi connectivity index (χ3v) is 5.91. The lowest BCUT2D eigenvalue weighted by atomic mass is 10.1. The molecule has 0 radical (unpaired) electrons. The van der Waals surface area contributed by atoms with Crippen molar-refractivity contribution < 1.29 is 18.3 Å². The fourth-order valence-corrected chi connectivity index (χ4v) is 4.13. The molecule has 1 fully saturated rings. The highest BCUT2D eigenvalue weighted by molar-refractivity contribution is 8.00. The molecule has 1 amide bonds. The Bertz CT molecular complexity index is 801. The smallest absolute Gasteiger partial charge is 0.233 e. The van der Waals surface area contributed by atoms with Crippen LogP contribution < -0.4 is 0 Å². The zero-order chi connectivity index (χ0) is 20.6. The van der Waals surface area contributed by atoms with Gasteiger partial charge in [0, 0.05) is 37.1 Å². The van der Waals surface area contributed by atoms with Crippen molar-refractivity contribution in [1.82, 2.24) is 9.80 Å². The van der Waals surface area contributed by atoms with E-state index in [1.165, 1.54) is 17.8 Å². The summed E-state index contributed by atoms with van der Waals surface area (Å²) in [5.74, 6) is -1.63. The molecule has 2 aromatic rings. The summed E-state index contributed by atoms with van der Waals surface area (Å²) in [4.78, 5) is 17.8. The number of rotatable bonds is 8. The van der Waals surface area contributed by atoms with Gasteiger partial charge in [0.15, 0.2) is 11.6 Å². The number of carbonyl (C=O) groups is 1. The molecule has 1 aliphatic heterocycles. The summed E-state index contributed by atoms with van der Waals surface area (Å²) >= 11 is 1.22. The van der Waals surface area contributed by atoms with E-state index in [4.69, 9.17) is 4.74 Å². The van der Waals surface area contributed by atoms with E-state index in [0.29, 0.717) is 24.7 Å². The topological polar surface area (TPSA) is 32.8 Å². The molecule has 2 aromatic carbocycles. The van der Waals surface area contributed by atoms with E-state index in [1.54, 1.807) is 0 Å². The predicted octanol–water partition coefficient (Wildman–Crippen LogP) is 3.81. The van der Waals surface area contributed by atoms with Crippen molar-refractivity contribution in [2.24, 2.45) is 0 Å². The van der Waals surface area contributed by atoms with Crippen molar-refractivity contribution in [3.05, 3.63) is 65.7 Å². The van der Waals surface area contributed by atoms with Crippen LogP contribution in [0.5, 0.6) is 0 Å². The van der Waals surface area contributed by atoms with Gasteiger partial charge in [-0.05, 0) is 30.7 Å². The first-order valence-electron chi connectivity index (χ1n) is 9.74. The van der Waals surface area contributed by atoms with Gasteiger partial charge in [0.2, 0.25) is 5.91 Å². The number of amides is 1. The van der Waals surface area contributed by atoms with E-state index in [0.717, 1.165) is 37.3 Å². The second-order valence-electron chi connectivity index (χ2n) is 7.13. The first kappa shape index (κ1) is 21.7. The third-order valence-electron chi connectivity index (χ3n) is 4.93. The number of hydrogen-bond acceptors (Lipinski definition) is 4. The van der Waals surface area contributed by atoms with Gasteiger partial charge in [0.25, 0.3) is 0 Å². The van der Waals surface area contributed by atoms with E-state index < -0.39 is 11.6 Å². The molecule has 0 spiro atoms. The standard InChI is InChI=1S/C22H26F2N2O2S/c1-17(14-25-9-11-28-12-10-25)26(15-18-5-3-2-4-6-18)22(27)16-29-19-7-8-20(23)21(24)13-19/h2-8,13,17H,9-12,14-16H2,1H3. The molecule has 1 heterocycles. The summed E-state index contributed by atoms with van der Waals surface area (Å²) in [6.07, 6.45) is 0. The number of carbonyl (C=O) groups excluding carboxylic acids is 1. The fraction of sp³-hybridized carbons (Fsp3) is 0.409. The Morgan fingerprint density at radius 1 is 1.14 bits per heavy atom. The van der Waals surface area contributed by atoms with Gasteiger partial charge in [-0.15, -0.1) is 11.8 Å². The molecule has 1 saturated heterocycles. The summed E-state index contributed by atoms with van der Waals surface area (Å²) in [6, 6.07) is 13.6. The van der Waals surface area contributed by atoms with Crippen LogP contribution in [0.3, 0.4) is 0 Å². The van der Waals surface area contributed by atoms with Crippen molar-refractivity contribution in [1.29, 1.82) is 0 Å². The number of ether oxygens (including phenoxy) is 1. The highest BCUT2D eigenvalue weighted by Gasteiger charge is 2.23. The number of hydrogen-bond donors (Lipinski definition) is 0. The van der Waals surface area contributed by atoms with Crippen molar-refractivity contribution in [2.45, 2.75) is 24.4 Å². The third kappa shape index (κ3) is 6.52. The molecule has 0 saturated carbocycles. The molecule has 156 valence electrons. The van der Waals surface area contributed by atoms with Gasteiger partial charge in [-0.2, -0.15) is 0 Å². The lowest BCUT2D eigenvalue weighted by Crippen LogP contribution is -2.48. The lowest BCUT2D eigenvalue weighted by molar-refractivity contribution is -0.131. The van der Waals surface area contributed by atoms with Gasteiger partial charge in [-0.3, -0.25) is 9.69 Å². The van der Waals surface area contributed by atoms with Gasteiger partial charge < -0.3 is 9.64 Å². The molecule has 0 aliphatic carbocycles. The molecule has 1 atom stereocenters. The zero-order valence-electron chi connectivity index (χ0n) is 16.5. The zero-order valence-corrected chi connectivity index (χ0v) is 17.3. The molecular formula is C22H26F2N2O2S. The Hall–Kier alpha value is -1.96. The van der Waals surface area contributed by atoms with Gasteiger partial charge in [-0.1, -0.05) is 30.3 Å². The van der Waals surface area contributed by atoms with Crippen LogP contribution in [0, 0.1) is 11.6 Å². The Kier molecular flexibility index (Phi) is 8.03. The molecule has 0 bridgehead atoms. The van der Waals surface area contributed by atoms with Gasteiger partial charge >= 0.3 is 0 Å². The van der Waals surface area contributed by atoms with Crippen LogP contribution in [0.4, 0.5) is 8.78 Å². The van der Waals surface area contributed by atoms with Gasteiger partial charge in [-0.25, -0.2) is 8.78 Å². The van der Waals surface area contributed by atoms with Gasteiger partial charge in [0.1, 0.15) is 0 Å². The number of benzene rings is 2. The van der Waals surface area contributed by atoms with Gasteiger partial charge in [0.05, 0.1) is 19.0 Å². The van der Waals surface area contributed by atoms with Crippen LogP contribution in [0.2, 0.25) is 0 Å².